The molecule has 0 unspecified atom stereocenters. The molecule has 0 heterocycles. The van der Waals surface area contributed by atoms with Gasteiger partial charge in [-0.3, -0.25) is 0 Å². The van der Waals surface area contributed by atoms with E-state index in [0.717, 1.165) is 0 Å². The van der Waals surface area contributed by atoms with E-state index in [1.54, 1.807) is 0 Å². The summed E-state index contributed by atoms with van der Waals surface area (Å²) >= 11 is 0.611. The van der Waals surface area contributed by atoms with Gasteiger partial charge in [0.2, 0.25) is 0 Å². The maximum atomic E-state index is 8.28. The van der Waals surface area contributed by atoms with Crippen LogP contribution in [0.2, 0.25) is 0 Å². The Morgan fingerprint density at radius 1 is 1.25 bits per heavy atom. The molecule has 0 aromatic carbocycles. The van der Waals surface area contributed by atoms with Crippen molar-refractivity contribution in [1.29, 1.82) is 0 Å². The molecular formula is H4Al2MoO. The van der Waals surface area contributed by atoms with Crippen LogP contribution in [0.4, 0.5) is 0 Å². The maximum absolute atomic E-state index is 8.28. The van der Waals surface area contributed by atoms with Crippen LogP contribution >= 0.6 is 0 Å². The SMILES string of the molecule is [AlH3].[Mo].[O]=[AlH]. The van der Waals surface area contributed by atoms with Gasteiger partial charge in [-0.2, -0.15) is 0 Å². The van der Waals surface area contributed by atoms with Crippen LogP contribution in [0.5, 0.6) is 0 Å². The van der Waals surface area contributed by atoms with Crippen molar-refractivity contribution in [3.05, 3.63) is 0 Å². The van der Waals surface area contributed by atoms with Crippen LogP contribution in [0.25, 0.3) is 0 Å². The van der Waals surface area contributed by atoms with E-state index in [2.05, 4.69) is 0 Å². The van der Waals surface area contributed by atoms with Crippen LogP contribution < -0.4 is 0 Å². The molecule has 0 saturated heterocycles. The standard InChI is InChI=1S/2Al.Mo.O.4H. The summed E-state index contributed by atoms with van der Waals surface area (Å²) in [5.74, 6) is 0. The van der Waals surface area contributed by atoms with Crippen molar-refractivity contribution in [2.75, 3.05) is 0 Å². The molecule has 0 spiro atoms. The molecule has 0 aliphatic rings. The van der Waals surface area contributed by atoms with Crippen LogP contribution in [0.15, 0.2) is 0 Å². The Kier molecular flexibility index (Phi) is 105. The molecule has 0 saturated carbocycles. The molecule has 4 heteroatoms. The van der Waals surface area contributed by atoms with Crippen LogP contribution in [-0.4, -0.2) is 33.6 Å². The Labute approximate surface area is 58.2 Å². The predicted octanol–water partition coefficient (Wildman–Crippen LogP) is -1.95. The second-order valence-electron chi connectivity index (χ2n) is 0. The molecule has 0 aromatic rings. The number of hydrogen-bond acceptors (Lipinski definition) is 1. The van der Waals surface area contributed by atoms with Gasteiger partial charge in [-0.1, -0.05) is 0 Å². The van der Waals surface area contributed by atoms with E-state index < -0.39 is 0 Å². The fourth-order valence-corrected chi connectivity index (χ4v) is 0. The fraction of sp³-hybridized carbons (Fsp3) is 0. The van der Waals surface area contributed by atoms with Crippen molar-refractivity contribution in [3.63, 3.8) is 0 Å². The third-order valence-corrected chi connectivity index (χ3v) is 0. The molecule has 4 heavy (non-hydrogen) atoms. The van der Waals surface area contributed by atoms with Crippen LogP contribution in [0.1, 0.15) is 0 Å². The normalized spacial score (nSPS) is 0.750. The Morgan fingerprint density at radius 2 is 1.25 bits per heavy atom. The Bertz CT molecular complexity index is 6.00. The summed E-state index contributed by atoms with van der Waals surface area (Å²) < 4.78 is 8.28. The van der Waals surface area contributed by atoms with E-state index in [9.17, 15) is 0 Å². The zero-order valence-corrected chi connectivity index (χ0v) is 4.94. The molecule has 1 nitrogen and oxygen atoms in total. The summed E-state index contributed by atoms with van der Waals surface area (Å²) in [5, 5.41) is 0. The summed E-state index contributed by atoms with van der Waals surface area (Å²) in [7, 11) is 0. The molecule has 0 aromatic heterocycles. The van der Waals surface area contributed by atoms with Crippen molar-refractivity contribution in [2.24, 2.45) is 0 Å². The average molecular weight is 170 g/mol. The van der Waals surface area contributed by atoms with Gasteiger partial charge in [-0.25, -0.2) is 0 Å². The summed E-state index contributed by atoms with van der Waals surface area (Å²) in [4.78, 5) is 0. The van der Waals surface area contributed by atoms with Gasteiger partial charge in [0.1, 0.15) is 0 Å². The first-order valence-electron chi connectivity index (χ1n) is 0.289. The summed E-state index contributed by atoms with van der Waals surface area (Å²) in [6.45, 7) is 0. The summed E-state index contributed by atoms with van der Waals surface area (Å²) in [6, 6.07) is 0. The fourth-order valence-electron chi connectivity index (χ4n) is 0. The third-order valence-electron chi connectivity index (χ3n) is 0. The topological polar surface area (TPSA) is 17.1 Å². The Balaban J connectivity index is -0.00000000500. The monoisotopic (exact) mass is 172 g/mol. The van der Waals surface area contributed by atoms with Gasteiger partial charge in [0.15, 0.2) is 17.4 Å². The molecule has 0 aliphatic heterocycles. The van der Waals surface area contributed by atoms with Crippen molar-refractivity contribution < 1.29 is 24.9 Å². The molecule has 0 fully saturated rings. The van der Waals surface area contributed by atoms with Gasteiger partial charge in [0, 0.05) is 21.1 Å². The molecule has 0 radical (unpaired) electrons. The molecule has 0 atom stereocenters. The molecule has 0 amide bonds. The molecule has 0 rings (SSSR count). The predicted molar refractivity (Wildman–Crippen MR) is 17.8 cm³/mol. The van der Waals surface area contributed by atoms with Gasteiger partial charge < -0.3 is 0 Å². The van der Waals surface area contributed by atoms with E-state index in [0.29, 0.717) is 16.2 Å². The van der Waals surface area contributed by atoms with E-state index in [1.807, 2.05) is 0 Å². The van der Waals surface area contributed by atoms with E-state index in [4.69, 9.17) is 3.80 Å². The molecular weight excluding hydrogens is 166 g/mol. The Hall–Kier alpha value is 1.55. The quantitative estimate of drug-likeness (QED) is 0.386. The second-order valence-corrected chi connectivity index (χ2v) is 0. The van der Waals surface area contributed by atoms with Crippen molar-refractivity contribution in [2.45, 2.75) is 0 Å². The minimum atomic E-state index is 0. The molecule has 0 aliphatic carbocycles. The first-order valence-corrected chi connectivity index (χ1v) is 0.866. The van der Waals surface area contributed by atoms with Gasteiger partial charge in [0.05, 0.1) is 0 Å². The van der Waals surface area contributed by atoms with Gasteiger partial charge >= 0.3 is 20.0 Å². The number of hydrogen-bond donors (Lipinski definition) is 0. The van der Waals surface area contributed by atoms with Gasteiger partial charge in [-0.05, 0) is 0 Å². The molecule has 0 bridgehead atoms. The summed E-state index contributed by atoms with van der Waals surface area (Å²) in [5.41, 5.74) is 0. The van der Waals surface area contributed by atoms with E-state index in [1.165, 1.54) is 0 Å². The van der Waals surface area contributed by atoms with E-state index in [-0.39, 0.29) is 38.4 Å². The number of rotatable bonds is 0. The minimum absolute atomic E-state index is 0. The zero-order chi connectivity index (χ0) is 2.00. The first kappa shape index (κ1) is 17.7. The van der Waals surface area contributed by atoms with Crippen molar-refractivity contribution >= 4 is 33.6 Å². The van der Waals surface area contributed by atoms with Crippen molar-refractivity contribution in [3.8, 4) is 0 Å². The van der Waals surface area contributed by atoms with Gasteiger partial charge in [0.25, 0.3) is 0 Å². The second kappa shape index (κ2) is 23.8. The molecule has 0 N–H and O–H groups in total. The Morgan fingerprint density at radius 3 is 1.25 bits per heavy atom. The van der Waals surface area contributed by atoms with Crippen LogP contribution in [0.3, 0.4) is 0 Å². The van der Waals surface area contributed by atoms with Crippen LogP contribution in [-0.2, 0) is 24.9 Å². The van der Waals surface area contributed by atoms with Gasteiger partial charge in [-0.15, -0.1) is 0 Å². The zero-order valence-electron chi connectivity index (χ0n) is 1.52. The average Bonchev–Trinajstić information content (AvgIpc) is 1.00. The van der Waals surface area contributed by atoms with E-state index >= 15 is 0 Å². The summed E-state index contributed by atoms with van der Waals surface area (Å²) in [6.07, 6.45) is 0. The molecule has 22 valence electrons. The van der Waals surface area contributed by atoms with Crippen LogP contribution in [0, 0.1) is 0 Å². The third kappa shape index (κ3) is 9.60. The first-order chi connectivity index (χ1) is 1.00. The van der Waals surface area contributed by atoms with Crippen molar-refractivity contribution in [1.82, 2.24) is 0 Å².